The largest absolute Gasteiger partial charge is 0.355 e. The third kappa shape index (κ3) is 3.18. The van der Waals surface area contributed by atoms with Crippen molar-refractivity contribution in [1.82, 2.24) is 15.4 Å². The van der Waals surface area contributed by atoms with E-state index in [2.05, 4.69) is 10.5 Å². The summed E-state index contributed by atoms with van der Waals surface area (Å²) in [6.45, 7) is 1.32. The highest BCUT2D eigenvalue weighted by atomic mass is 35.5. The van der Waals surface area contributed by atoms with Crippen LogP contribution in [0.1, 0.15) is 10.5 Å². The number of halogens is 1. The maximum atomic E-state index is 12.1. The number of benzene rings is 1. The topological polar surface area (TPSA) is 58.4 Å². The molecule has 0 saturated heterocycles. The zero-order chi connectivity index (χ0) is 14.5. The van der Waals surface area contributed by atoms with E-state index in [1.165, 1.54) is 0 Å². The molecular weight excluding hydrogens is 278 g/mol. The first-order chi connectivity index (χ1) is 9.63. The molecule has 0 spiro atoms. The van der Waals surface area contributed by atoms with Crippen LogP contribution in [-0.4, -0.2) is 43.1 Å². The molecule has 1 heterocycles. The van der Waals surface area contributed by atoms with E-state index in [0.717, 1.165) is 12.1 Å². The molecular formula is C14H16ClN3O2. The van der Waals surface area contributed by atoms with E-state index in [0.29, 0.717) is 17.3 Å². The molecule has 2 aromatic rings. The third-order valence-corrected chi connectivity index (χ3v) is 3.24. The fourth-order valence-electron chi connectivity index (χ4n) is 1.74. The van der Waals surface area contributed by atoms with Crippen LogP contribution in [0, 0.1) is 0 Å². The first-order valence-electron chi connectivity index (χ1n) is 6.25. The highest BCUT2D eigenvalue weighted by Gasteiger charge is 2.18. The van der Waals surface area contributed by atoms with Gasteiger partial charge in [-0.05, 0) is 19.2 Å². The number of amides is 1. The SMILES string of the molecule is CNCCN(C)C(=O)c1cc(-c2ccccc2Cl)on1. The number of hydrogen-bond donors (Lipinski definition) is 1. The lowest BCUT2D eigenvalue weighted by atomic mass is 10.1. The van der Waals surface area contributed by atoms with Gasteiger partial charge in [-0.1, -0.05) is 28.9 Å². The van der Waals surface area contributed by atoms with E-state index in [1.807, 2.05) is 25.2 Å². The molecule has 1 N–H and O–H groups in total. The number of hydrogen-bond acceptors (Lipinski definition) is 4. The molecule has 0 unspecified atom stereocenters. The minimum absolute atomic E-state index is 0.178. The summed E-state index contributed by atoms with van der Waals surface area (Å²) in [6.07, 6.45) is 0. The molecule has 0 aliphatic heterocycles. The molecule has 2 rings (SSSR count). The first kappa shape index (κ1) is 14.6. The summed E-state index contributed by atoms with van der Waals surface area (Å²) >= 11 is 6.09. The van der Waals surface area contributed by atoms with Gasteiger partial charge in [0.15, 0.2) is 11.5 Å². The molecule has 0 aliphatic rings. The van der Waals surface area contributed by atoms with Gasteiger partial charge >= 0.3 is 0 Å². The van der Waals surface area contributed by atoms with Crippen LogP contribution < -0.4 is 5.32 Å². The number of nitrogens with zero attached hydrogens (tertiary/aromatic N) is 2. The smallest absolute Gasteiger partial charge is 0.275 e. The van der Waals surface area contributed by atoms with E-state index in [4.69, 9.17) is 16.1 Å². The monoisotopic (exact) mass is 293 g/mol. The maximum Gasteiger partial charge on any atom is 0.275 e. The molecule has 0 atom stereocenters. The van der Waals surface area contributed by atoms with Crippen molar-refractivity contribution in [1.29, 1.82) is 0 Å². The second-order valence-electron chi connectivity index (χ2n) is 4.39. The summed E-state index contributed by atoms with van der Waals surface area (Å²) in [5, 5.41) is 7.37. The number of carbonyl (C=O) groups is 1. The number of aromatic nitrogens is 1. The number of likely N-dealkylation sites (N-methyl/N-ethyl adjacent to an activating group) is 2. The van der Waals surface area contributed by atoms with E-state index in [9.17, 15) is 4.79 Å². The summed E-state index contributed by atoms with van der Waals surface area (Å²) in [4.78, 5) is 13.7. The Morgan fingerprint density at radius 1 is 1.45 bits per heavy atom. The van der Waals surface area contributed by atoms with Gasteiger partial charge in [-0.3, -0.25) is 4.79 Å². The summed E-state index contributed by atoms with van der Waals surface area (Å²) < 4.78 is 5.21. The number of carbonyl (C=O) groups excluding carboxylic acids is 1. The van der Waals surface area contributed by atoms with Crippen molar-refractivity contribution < 1.29 is 9.32 Å². The van der Waals surface area contributed by atoms with Crippen molar-refractivity contribution in [2.75, 3.05) is 27.2 Å². The fraction of sp³-hybridized carbons (Fsp3) is 0.286. The van der Waals surface area contributed by atoms with Crippen LogP contribution in [-0.2, 0) is 0 Å². The fourth-order valence-corrected chi connectivity index (χ4v) is 1.97. The highest BCUT2D eigenvalue weighted by Crippen LogP contribution is 2.28. The molecule has 20 heavy (non-hydrogen) atoms. The molecule has 6 heteroatoms. The van der Waals surface area contributed by atoms with Gasteiger partial charge in [-0.15, -0.1) is 0 Å². The second-order valence-corrected chi connectivity index (χ2v) is 4.79. The summed E-state index contributed by atoms with van der Waals surface area (Å²) in [6, 6.07) is 8.88. The molecule has 0 aliphatic carbocycles. The van der Waals surface area contributed by atoms with E-state index >= 15 is 0 Å². The molecule has 1 amide bonds. The number of nitrogens with one attached hydrogen (secondary N) is 1. The molecule has 106 valence electrons. The highest BCUT2D eigenvalue weighted by molar-refractivity contribution is 6.33. The lowest BCUT2D eigenvalue weighted by Gasteiger charge is -2.14. The average molecular weight is 294 g/mol. The van der Waals surface area contributed by atoms with Crippen molar-refractivity contribution in [3.63, 3.8) is 0 Å². The normalized spacial score (nSPS) is 10.6. The van der Waals surface area contributed by atoms with Gasteiger partial charge in [-0.2, -0.15) is 0 Å². The second kappa shape index (κ2) is 6.54. The van der Waals surface area contributed by atoms with Crippen molar-refractivity contribution in [3.05, 3.63) is 41.0 Å². The Morgan fingerprint density at radius 2 is 2.20 bits per heavy atom. The Hall–Kier alpha value is -1.85. The van der Waals surface area contributed by atoms with Gasteiger partial charge in [0, 0.05) is 31.8 Å². The van der Waals surface area contributed by atoms with Gasteiger partial charge < -0.3 is 14.7 Å². The Labute approximate surface area is 122 Å². The third-order valence-electron chi connectivity index (χ3n) is 2.91. The van der Waals surface area contributed by atoms with Crippen molar-refractivity contribution >= 4 is 17.5 Å². The van der Waals surface area contributed by atoms with Gasteiger partial charge in [0.05, 0.1) is 5.02 Å². The average Bonchev–Trinajstić information content (AvgIpc) is 2.94. The summed E-state index contributed by atoms with van der Waals surface area (Å²) in [7, 11) is 3.56. The Balaban J connectivity index is 2.17. The van der Waals surface area contributed by atoms with Crippen molar-refractivity contribution in [3.8, 4) is 11.3 Å². The predicted octanol–water partition coefficient (Wildman–Crippen LogP) is 2.29. The molecule has 1 aromatic heterocycles. The van der Waals surface area contributed by atoms with Crippen LogP contribution in [0.25, 0.3) is 11.3 Å². The van der Waals surface area contributed by atoms with Crippen LogP contribution >= 0.6 is 11.6 Å². The van der Waals surface area contributed by atoms with Crippen molar-refractivity contribution in [2.24, 2.45) is 0 Å². The van der Waals surface area contributed by atoms with Gasteiger partial charge in [0.25, 0.3) is 5.91 Å². The lowest BCUT2D eigenvalue weighted by Crippen LogP contribution is -2.32. The minimum atomic E-state index is -0.178. The van der Waals surface area contributed by atoms with E-state index in [1.54, 1.807) is 24.1 Å². The first-order valence-corrected chi connectivity index (χ1v) is 6.63. The Kier molecular flexibility index (Phi) is 4.76. The Bertz CT molecular complexity index is 598. The summed E-state index contributed by atoms with van der Waals surface area (Å²) in [5.74, 6) is 0.309. The quantitative estimate of drug-likeness (QED) is 0.919. The Morgan fingerprint density at radius 3 is 2.90 bits per heavy atom. The zero-order valence-corrected chi connectivity index (χ0v) is 12.1. The number of rotatable bonds is 5. The van der Waals surface area contributed by atoms with E-state index in [-0.39, 0.29) is 11.6 Å². The van der Waals surface area contributed by atoms with Crippen LogP contribution in [0.4, 0.5) is 0 Å². The molecule has 0 bridgehead atoms. The molecule has 5 nitrogen and oxygen atoms in total. The lowest BCUT2D eigenvalue weighted by molar-refractivity contribution is 0.0786. The van der Waals surface area contributed by atoms with Gasteiger partial charge in [0.1, 0.15) is 0 Å². The maximum absolute atomic E-state index is 12.1. The van der Waals surface area contributed by atoms with Crippen molar-refractivity contribution in [2.45, 2.75) is 0 Å². The molecule has 0 fully saturated rings. The predicted molar refractivity (Wildman–Crippen MR) is 77.8 cm³/mol. The van der Waals surface area contributed by atoms with Crippen LogP contribution in [0.3, 0.4) is 0 Å². The van der Waals surface area contributed by atoms with Crippen LogP contribution in [0.5, 0.6) is 0 Å². The van der Waals surface area contributed by atoms with Crippen LogP contribution in [0.15, 0.2) is 34.9 Å². The molecule has 0 radical (unpaired) electrons. The van der Waals surface area contributed by atoms with E-state index < -0.39 is 0 Å². The van der Waals surface area contributed by atoms with Gasteiger partial charge in [0.2, 0.25) is 0 Å². The molecule has 0 saturated carbocycles. The standard InChI is InChI=1S/C14H16ClN3O2/c1-16-7-8-18(2)14(19)12-9-13(20-17-12)10-5-3-4-6-11(10)15/h3-6,9,16H,7-8H2,1-2H3. The molecule has 1 aromatic carbocycles. The van der Waals surface area contributed by atoms with Gasteiger partial charge in [-0.25, -0.2) is 0 Å². The van der Waals surface area contributed by atoms with Crippen LogP contribution in [0.2, 0.25) is 5.02 Å². The summed E-state index contributed by atoms with van der Waals surface area (Å²) in [5.41, 5.74) is 0.997. The zero-order valence-electron chi connectivity index (χ0n) is 11.4. The minimum Gasteiger partial charge on any atom is -0.355 e.